The molecule has 3 nitrogen and oxygen atoms in total. The Morgan fingerprint density at radius 3 is 2.28 bits per heavy atom. The number of likely N-dealkylation sites (N-methyl/N-ethyl adjacent to an activating group) is 1. The summed E-state index contributed by atoms with van der Waals surface area (Å²) >= 11 is 0. The van der Waals surface area contributed by atoms with Gasteiger partial charge in [0.25, 0.3) is 0 Å². The molecule has 2 N–H and O–H groups in total. The minimum atomic E-state index is -0.528. The van der Waals surface area contributed by atoms with Crippen molar-refractivity contribution in [3.05, 3.63) is 83.9 Å². The Hall–Kier alpha value is -2.36. The summed E-state index contributed by atoms with van der Waals surface area (Å²) in [6.45, 7) is 0.574. The maximum atomic E-state index is 12.5. The Labute approximate surface area is 154 Å². The molecule has 25 heavy (non-hydrogen) atoms. The van der Waals surface area contributed by atoms with Crippen LogP contribution < -0.4 is 5.73 Å². The van der Waals surface area contributed by atoms with E-state index >= 15 is 0 Å². The maximum Gasteiger partial charge on any atom is 0.239 e. The highest BCUT2D eigenvalue weighted by Crippen LogP contribution is 2.17. The van der Waals surface area contributed by atoms with Crippen LogP contribution >= 0.6 is 12.4 Å². The molecule has 0 aliphatic carbocycles. The van der Waals surface area contributed by atoms with Gasteiger partial charge in [0.15, 0.2) is 0 Å². The van der Waals surface area contributed by atoms with E-state index < -0.39 is 6.04 Å². The van der Waals surface area contributed by atoms with Gasteiger partial charge in [0.1, 0.15) is 0 Å². The van der Waals surface area contributed by atoms with Crippen molar-refractivity contribution >= 4 is 29.1 Å². The highest BCUT2D eigenvalue weighted by atomic mass is 35.5. The van der Waals surface area contributed by atoms with Crippen LogP contribution in [0.2, 0.25) is 0 Å². The molecule has 0 fully saturated rings. The molecule has 0 aromatic heterocycles. The van der Waals surface area contributed by atoms with Gasteiger partial charge in [0, 0.05) is 13.6 Å². The van der Waals surface area contributed by atoms with Crippen LogP contribution in [0.5, 0.6) is 0 Å². The van der Waals surface area contributed by atoms with Crippen LogP contribution in [0.3, 0.4) is 0 Å². The molecule has 0 aliphatic rings. The average Bonchev–Trinajstić information content (AvgIpc) is 2.61. The van der Waals surface area contributed by atoms with E-state index in [1.54, 1.807) is 11.9 Å². The summed E-state index contributed by atoms with van der Waals surface area (Å²) in [6.07, 6.45) is 0.544. The first-order chi connectivity index (χ1) is 11.6. The van der Waals surface area contributed by atoms with Crippen molar-refractivity contribution in [3.63, 3.8) is 0 Å². The smallest absolute Gasteiger partial charge is 0.239 e. The van der Waals surface area contributed by atoms with Gasteiger partial charge < -0.3 is 10.6 Å². The molecular formula is C21H23ClN2O. The van der Waals surface area contributed by atoms with Crippen molar-refractivity contribution in [1.82, 2.24) is 4.90 Å². The lowest BCUT2D eigenvalue weighted by molar-refractivity contribution is -0.131. The first kappa shape index (κ1) is 19.0. The van der Waals surface area contributed by atoms with Crippen LogP contribution in [0.25, 0.3) is 10.8 Å². The molecule has 0 heterocycles. The summed E-state index contributed by atoms with van der Waals surface area (Å²) < 4.78 is 0. The number of benzene rings is 3. The number of hydrogen-bond acceptors (Lipinski definition) is 2. The fourth-order valence-electron chi connectivity index (χ4n) is 2.93. The lowest BCUT2D eigenvalue weighted by atomic mass is 10.0. The highest BCUT2D eigenvalue weighted by Gasteiger charge is 2.18. The molecule has 3 aromatic carbocycles. The Kier molecular flexibility index (Phi) is 6.57. The first-order valence-electron chi connectivity index (χ1n) is 8.15. The fraction of sp³-hybridized carbons (Fsp3) is 0.190. The Balaban J connectivity index is 0.00000225. The standard InChI is InChI=1S/C21H22N2O.ClH/c1-23(15-16-7-3-2-4-8-16)21(24)20(22)14-17-11-12-18-9-5-6-10-19(18)13-17;/h2-13,20H,14-15,22H2,1H3;1H/t20-;/m0./s1. The second-order valence-electron chi connectivity index (χ2n) is 6.17. The van der Waals surface area contributed by atoms with Gasteiger partial charge in [-0.3, -0.25) is 4.79 Å². The molecule has 1 amide bonds. The minimum absolute atomic E-state index is 0. The zero-order chi connectivity index (χ0) is 16.9. The summed E-state index contributed by atoms with van der Waals surface area (Å²) in [4.78, 5) is 14.2. The quantitative estimate of drug-likeness (QED) is 0.757. The molecule has 1 atom stereocenters. The van der Waals surface area contributed by atoms with Crippen molar-refractivity contribution in [1.29, 1.82) is 0 Å². The number of fused-ring (bicyclic) bond motifs is 1. The molecule has 0 bridgehead atoms. The van der Waals surface area contributed by atoms with Gasteiger partial charge in [0.05, 0.1) is 6.04 Å². The third-order valence-corrected chi connectivity index (χ3v) is 4.23. The van der Waals surface area contributed by atoms with Crippen LogP contribution in [-0.4, -0.2) is 23.9 Å². The number of halogens is 1. The second-order valence-corrected chi connectivity index (χ2v) is 6.17. The second kappa shape index (κ2) is 8.65. The van der Waals surface area contributed by atoms with E-state index in [-0.39, 0.29) is 18.3 Å². The number of nitrogens with zero attached hydrogens (tertiary/aromatic N) is 1. The van der Waals surface area contributed by atoms with Crippen molar-refractivity contribution in [3.8, 4) is 0 Å². The van der Waals surface area contributed by atoms with E-state index in [1.807, 2.05) is 48.5 Å². The molecule has 130 valence electrons. The SMILES string of the molecule is CN(Cc1ccccc1)C(=O)[C@@H](N)Cc1ccc2ccccc2c1.Cl. The van der Waals surface area contributed by atoms with E-state index in [9.17, 15) is 4.79 Å². The van der Waals surface area contributed by atoms with Crippen LogP contribution in [-0.2, 0) is 17.8 Å². The van der Waals surface area contributed by atoms with Gasteiger partial charge in [-0.25, -0.2) is 0 Å². The van der Waals surface area contributed by atoms with Gasteiger partial charge in [-0.15, -0.1) is 12.4 Å². The van der Waals surface area contributed by atoms with Crippen molar-refractivity contribution < 1.29 is 4.79 Å². The molecule has 0 saturated carbocycles. The van der Waals surface area contributed by atoms with Crippen molar-refractivity contribution in [2.24, 2.45) is 5.73 Å². The third-order valence-electron chi connectivity index (χ3n) is 4.23. The zero-order valence-electron chi connectivity index (χ0n) is 14.3. The van der Waals surface area contributed by atoms with Gasteiger partial charge in [-0.2, -0.15) is 0 Å². The summed E-state index contributed by atoms with van der Waals surface area (Å²) in [6, 6.07) is 23.9. The fourth-order valence-corrected chi connectivity index (χ4v) is 2.93. The summed E-state index contributed by atoms with van der Waals surface area (Å²) in [7, 11) is 1.80. The van der Waals surface area contributed by atoms with Crippen molar-refractivity contribution in [2.45, 2.75) is 19.0 Å². The Bertz CT molecular complexity index is 835. The topological polar surface area (TPSA) is 46.3 Å². The monoisotopic (exact) mass is 354 g/mol. The van der Waals surface area contributed by atoms with E-state index in [0.717, 1.165) is 11.1 Å². The lowest BCUT2D eigenvalue weighted by Crippen LogP contribution is -2.42. The predicted octanol–water partition coefficient (Wildman–Crippen LogP) is 3.79. The number of rotatable bonds is 5. The first-order valence-corrected chi connectivity index (χ1v) is 8.15. The number of nitrogens with two attached hydrogens (primary N) is 1. The van der Waals surface area contributed by atoms with Gasteiger partial charge >= 0.3 is 0 Å². The van der Waals surface area contributed by atoms with Crippen LogP contribution in [0.4, 0.5) is 0 Å². The summed E-state index contributed by atoms with van der Waals surface area (Å²) in [5.41, 5.74) is 8.35. The highest BCUT2D eigenvalue weighted by molar-refractivity contribution is 5.85. The number of hydrogen-bond donors (Lipinski definition) is 1. The number of carbonyl (C=O) groups is 1. The molecule has 0 spiro atoms. The summed E-state index contributed by atoms with van der Waals surface area (Å²) in [5.74, 6) is -0.0352. The van der Waals surface area contributed by atoms with Gasteiger partial charge in [-0.05, 0) is 28.3 Å². The van der Waals surface area contributed by atoms with Crippen LogP contribution in [0.15, 0.2) is 72.8 Å². The van der Waals surface area contributed by atoms with E-state index in [1.165, 1.54) is 10.8 Å². The van der Waals surface area contributed by atoms with E-state index in [0.29, 0.717) is 13.0 Å². The molecule has 4 heteroatoms. The molecule has 0 radical (unpaired) electrons. The largest absolute Gasteiger partial charge is 0.340 e. The molecular weight excluding hydrogens is 332 g/mol. The Morgan fingerprint density at radius 2 is 1.56 bits per heavy atom. The molecule has 3 rings (SSSR count). The molecule has 0 unspecified atom stereocenters. The third kappa shape index (κ3) is 4.81. The molecule has 0 saturated heterocycles. The molecule has 0 aliphatic heterocycles. The van der Waals surface area contributed by atoms with Crippen molar-refractivity contribution in [2.75, 3.05) is 7.05 Å². The average molecular weight is 355 g/mol. The predicted molar refractivity (Wildman–Crippen MR) is 106 cm³/mol. The van der Waals surface area contributed by atoms with Gasteiger partial charge in [-0.1, -0.05) is 72.8 Å². The zero-order valence-corrected chi connectivity index (χ0v) is 15.1. The normalized spacial score (nSPS) is 11.6. The van der Waals surface area contributed by atoms with E-state index in [2.05, 4.69) is 24.3 Å². The lowest BCUT2D eigenvalue weighted by Gasteiger charge is -2.21. The van der Waals surface area contributed by atoms with Crippen LogP contribution in [0.1, 0.15) is 11.1 Å². The van der Waals surface area contributed by atoms with E-state index in [4.69, 9.17) is 5.73 Å². The maximum absolute atomic E-state index is 12.5. The van der Waals surface area contributed by atoms with Crippen LogP contribution in [0, 0.1) is 0 Å². The van der Waals surface area contributed by atoms with Gasteiger partial charge in [0.2, 0.25) is 5.91 Å². The number of carbonyl (C=O) groups excluding carboxylic acids is 1. The molecule has 3 aromatic rings. The Morgan fingerprint density at radius 1 is 0.920 bits per heavy atom. The minimum Gasteiger partial charge on any atom is -0.340 e. The summed E-state index contributed by atoms with van der Waals surface area (Å²) in [5, 5.41) is 2.37. The number of amides is 1.